The summed E-state index contributed by atoms with van der Waals surface area (Å²) in [5, 5.41) is 10.7. The predicted octanol–water partition coefficient (Wildman–Crippen LogP) is 2.43. The lowest BCUT2D eigenvalue weighted by Gasteiger charge is -2.01. The molecule has 0 aliphatic carbocycles. The third-order valence-corrected chi connectivity index (χ3v) is 1.76. The fourth-order valence-corrected chi connectivity index (χ4v) is 1.18. The molecule has 0 bridgehead atoms. The van der Waals surface area contributed by atoms with Crippen LogP contribution in [0, 0.1) is 0 Å². The molecule has 5 heteroatoms. The summed E-state index contributed by atoms with van der Waals surface area (Å²) in [5.41, 5.74) is 0.589. The van der Waals surface area contributed by atoms with Gasteiger partial charge < -0.3 is 9.52 Å². The molecule has 15 heavy (non-hydrogen) atoms. The number of aromatic nitrogens is 1. The highest BCUT2D eigenvalue weighted by molar-refractivity contribution is 5.81. The number of anilines is 1. The molecule has 0 saturated carbocycles. The van der Waals surface area contributed by atoms with Crippen LogP contribution in [-0.2, 0) is 0 Å². The topological polar surface area (TPSA) is 75.4 Å². The van der Waals surface area contributed by atoms with Crippen molar-refractivity contribution < 1.29 is 14.3 Å². The Morgan fingerprint density at radius 2 is 2.20 bits per heavy atom. The van der Waals surface area contributed by atoms with Gasteiger partial charge in [0.2, 0.25) is 0 Å². The second-order valence-corrected chi connectivity index (χ2v) is 2.82. The van der Waals surface area contributed by atoms with E-state index in [0.717, 1.165) is 0 Å². The van der Waals surface area contributed by atoms with Gasteiger partial charge in [0.1, 0.15) is 11.5 Å². The van der Waals surface area contributed by atoms with Crippen molar-refractivity contribution in [2.75, 3.05) is 5.32 Å². The summed E-state index contributed by atoms with van der Waals surface area (Å²) in [7, 11) is 0. The first-order chi connectivity index (χ1) is 7.25. The maximum absolute atomic E-state index is 10.4. The van der Waals surface area contributed by atoms with E-state index in [9.17, 15) is 4.79 Å². The van der Waals surface area contributed by atoms with E-state index in [1.165, 1.54) is 6.26 Å². The first-order valence-electron chi connectivity index (χ1n) is 4.26. The Labute approximate surface area is 85.4 Å². The smallest absolute Gasteiger partial charge is 0.410 e. The molecule has 0 saturated heterocycles. The summed E-state index contributed by atoms with van der Waals surface area (Å²) >= 11 is 0. The maximum Gasteiger partial charge on any atom is 0.410 e. The van der Waals surface area contributed by atoms with E-state index in [1.807, 2.05) is 0 Å². The molecule has 0 radical (unpaired) electrons. The predicted molar refractivity (Wildman–Crippen MR) is 53.6 cm³/mol. The molecule has 0 spiro atoms. The first kappa shape index (κ1) is 9.26. The van der Waals surface area contributed by atoms with Crippen molar-refractivity contribution in [1.29, 1.82) is 0 Å². The number of rotatable bonds is 2. The summed E-state index contributed by atoms with van der Waals surface area (Å²) < 4.78 is 5.14. The van der Waals surface area contributed by atoms with E-state index in [-0.39, 0.29) is 5.82 Å². The largest absolute Gasteiger partial charge is 0.465 e. The van der Waals surface area contributed by atoms with Gasteiger partial charge in [-0.05, 0) is 24.3 Å². The molecule has 2 N–H and O–H groups in total. The zero-order valence-electron chi connectivity index (χ0n) is 7.68. The Morgan fingerprint density at radius 3 is 2.87 bits per heavy atom. The lowest BCUT2D eigenvalue weighted by atomic mass is 10.3. The van der Waals surface area contributed by atoms with E-state index in [2.05, 4.69) is 10.3 Å². The molecule has 2 heterocycles. The second kappa shape index (κ2) is 3.83. The number of carbonyl (C=O) groups is 1. The Kier molecular flexibility index (Phi) is 2.37. The van der Waals surface area contributed by atoms with Crippen LogP contribution < -0.4 is 5.32 Å². The molecule has 2 rings (SSSR count). The van der Waals surface area contributed by atoms with Gasteiger partial charge in [0.15, 0.2) is 5.76 Å². The van der Waals surface area contributed by atoms with Crippen LogP contribution in [0.1, 0.15) is 0 Å². The molecular formula is C10H8N2O3. The van der Waals surface area contributed by atoms with Gasteiger partial charge in [0.25, 0.3) is 0 Å². The van der Waals surface area contributed by atoms with Crippen molar-refractivity contribution in [1.82, 2.24) is 4.98 Å². The molecule has 0 aliphatic heterocycles. The number of amides is 1. The number of carboxylic acid groups (broad SMARTS) is 1. The lowest BCUT2D eigenvalue weighted by Crippen LogP contribution is -2.08. The quantitative estimate of drug-likeness (QED) is 0.787. The average Bonchev–Trinajstić information content (AvgIpc) is 2.69. The number of furan rings is 1. The van der Waals surface area contributed by atoms with Gasteiger partial charge in [-0.25, -0.2) is 9.78 Å². The van der Waals surface area contributed by atoms with Gasteiger partial charge in [-0.3, -0.25) is 5.32 Å². The SMILES string of the molecule is O=C(O)Nc1cccc(-c2ccco2)n1. The number of hydrogen-bond acceptors (Lipinski definition) is 3. The first-order valence-corrected chi connectivity index (χ1v) is 4.26. The van der Waals surface area contributed by atoms with Crippen molar-refractivity contribution in [2.24, 2.45) is 0 Å². The van der Waals surface area contributed by atoms with E-state index < -0.39 is 6.09 Å². The van der Waals surface area contributed by atoms with Crippen molar-refractivity contribution in [3.8, 4) is 11.5 Å². The maximum atomic E-state index is 10.4. The van der Waals surface area contributed by atoms with Crippen molar-refractivity contribution in [3.05, 3.63) is 36.6 Å². The van der Waals surface area contributed by atoms with Crippen LogP contribution in [0.3, 0.4) is 0 Å². The van der Waals surface area contributed by atoms with Crippen LogP contribution in [0.5, 0.6) is 0 Å². The van der Waals surface area contributed by atoms with Crippen molar-refractivity contribution >= 4 is 11.9 Å². The van der Waals surface area contributed by atoms with Crippen molar-refractivity contribution in [3.63, 3.8) is 0 Å². The third-order valence-electron chi connectivity index (χ3n) is 1.76. The Bertz CT molecular complexity index is 465. The standard InChI is InChI=1S/C10H8N2O3/c13-10(14)12-9-5-1-3-7(11-9)8-4-2-6-15-8/h1-6H,(H,11,12)(H,13,14). The van der Waals surface area contributed by atoms with E-state index in [4.69, 9.17) is 9.52 Å². The zero-order valence-corrected chi connectivity index (χ0v) is 7.68. The van der Waals surface area contributed by atoms with Crippen LogP contribution in [0.25, 0.3) is 11.5 Å². The third kappa shape index (κ3) is 2.14. The Hall–Kier alpha value is -2.30. The van der Waals surface area contributed by atoms with Gasteiger partial charge in [-0.1, -0.05) is 6.07 Å². The molecule has 1 amide bonds. The monoisotopic (exact) mass is 204 g/mol. The minimum absolute atomic E-state index is 0.274. The molecule has 0 unspecified atom stereocenters. The minimum Gasteiger partial charge on any atom is -0.465 e. The summed E-state index contributed by atoms with van der Waals surface area (Å²) in [6, 6.07) is 8.52. The summed E-state index contributed by atoms with van der Waals surface area (Å²) in [6.07, 6.45) is 0.396. The van der Waals surface area contributed by atoms with Crippen LogP contribution in [0.15, 0.2) is 41.0 Å². The number of nitrogens with zero attached hydrogens (tertiary/aromatic N) is 1. The van der Waals surface area contributed by atoms with Gasteiger partial charge >= 0.3 is 6.09 Å². The molecule has 76 valence electrons. The average molecular weight is 204 g/mol. The van der Waals surface area contributed by atoms with Crippen LogP contribution in [0.4, 0.5) is 10.6 Å². The van der Waals surface area contributed by atoms with Crippen LogP contribution >= 0.6 is 0 Å². The Morgan fingerprint density at radius 1 is 1.33 bits per heavy atom. The molecule has 2 aromatic rings. The lowest BCUT2D eigenvalue weighted by molar-refractivity contribution is 0.209. The van der Waals surface area contributed by atoms with Crippen molar-refractivity contribution in [2.45, 2.75) is 0 Å². The normalized spacial score (nSPS) is 9.87. The zero-order chi connectivity index (χ0) is 10.7. The fourth-order valence-electron chi connectivity index (χ4n) is 1.18. The highest BCUT2D eigenvalue weighted by Crippen LogP contribution is 2.18. The van der Waals surface area contributed by atoms with E-state index >= 15 is 0 Å². The number of pyridine rings is 1. The van der Waals surface area contributed by atoms with Gasteiger partial charge in [0, 0.05) is 0 Å². The molecule has 0 atom stereocenters. The highest BCUT2D eigenvalue weighted by atomic mass is 16.4. The Balaban J connectivity index is 2.31. The molecule has 0 fully saturated rings. The fraction of sp³-hybridized carbons (Fsp3) is 0. The summed E-state index contributed by atoms with van der Waals surface area (Å²) in [5.74, 6) is 0.875. The highest BCUT2D eigenvalue weighted by Gasteiger charge is 2.04. The summed E-state index contributed by atoms with van der Waals surface area (Å²) in [4.78, 5) is 14.5. The second-order valence-electron chi connectivity index (χ2n) is 2.82. The van der Waals surface area contributed by atoms with E-state index in [0.29, 0.717) is 11.5 Å². The molecular weight excluding hydrogens is 196 g/mol. The van der Waals surface area contributed by atoms with Crippen LogP contribution in [0.2, 0.25) is 0 Å². The number of hydrogen-bond donors (Lipinski definition) is 2. The molecule has 2 aromatic heterocycles. The molecule has 0 aromatic carbocycles. The van der Waals surface area contributed by atoms with Gasteiger partial charge in [-0.2, -0.15) is 0 Å². The van der Waals surface area contributed by atoms with E-state index in [1.54, 1.807) is 30.3 Å². The molecule has 0 aliphatic rings. The van der Waals surface area contributed by atoms with Crippen LogP contribution in [-0.4, -0.2) is 16.2 Å². The number of nitrogens with one attached hydrogen (secondary N) is 1. The molecule has 5 nitrogen and oxygen atoms in total. The van der Waals surface area contributed by atoms with Gasteiger partial charge in [-0.15, -0.1) is 0 Å². The summed E-state index contributed by atoms with van der Waals surface area (Å²) in [6.45, 7) is 0. The van der Waals surface area contributed by atoms with Gasteiger partial charge in [0.05, 0.1) is 6.26 Å². The minimum atomic E-state index is -1.14.